The fourth-order valence-corrected chi connectivity index (χ4v) is 2.41. The van der Waals surface area contributed by atoms with Gasteiger partial charge in [-0.2, -0.15) is 0 Å². The number of nitrogens with zero attached hydrogens (tertiary/aromatic N) is 1. The van der Waals surface area contributed by atoms with Crippen LogP contribution in [-0.2, 0) is 11.3 Å². The number of rotatable bonds is 9. The first-order chi connectivity index (χ1) is 9.93. The van der Waals surface area contributed by atoms with Crippen LogP contribution in [0.3, 0.4) is 0 Å². The lowest BCUT2D eigenvalue weighted by atomic mass is 10.1. The molecule has 1 rings (SSSR count). The number of anilines is 1. The highest BCUT2D eigenvalue weighted by molar-refractivity contribution is 6.30. The van der Waals surface area contributed by atoms with Gasteiger partial charge in [-0.1, -0.05) is 45.4 Å². The lowest BCUT2D eigenvalue weighted by Crippen LogP contribution is -2.32. The Hall–Kier alpha value is -0.770. The molecule has 0 saturated heterocycles. The Morgan fingerprint density at radius 1 is 1.24 bits per heavy atom. The summed E-state index contributed by atoms with van der Waals surface area (Å²) in [6.45, 7) is 12.2. The molecular weight excluding hydrogens is 284 g/mol. The Labute approximate surface area is 134 Å². The normalized spacial score (nSPS) is 11.4. The quantitative estimate of drug-likeness (QED) is 0.747. The van der Waals surface area contributed by atoms with Crippen LogP contribution in [0, 0.1) is 5.92 Å². The van der Waals surface area contributed by atoms with Crippen LogP contribution in [0.2, 0.25) is 5.02 Å². The van der Waals surface area contributed by atoms with Gasteiger partial charge in [-0.05, 0) is 23.6 Å². The minimum atomic E-state index is 0.464. The second kappa shape index (κ2) is 9.29. The van der Waals surface area contributed by atoms with E-state index in [4.69, 9.17) is 16.3 Å². The Balaban J connectivity index is 2.99. The van der Waals surface area contributed by atoms with E-state index in [1.165, 1.54) is 11.3 Å². The van der Waals surface area contributed by atoms with Crippen LogP contribution in [0.1, 0.15) is 33.3 Å². The summed E-state index contributed by atoms with van der Waals surface area (Å²) in [6.07, 6.45) is 0. The zero-order valence-electron chi connectivity index (χ0n) is 13.9. The van der Waals surface area contributed by atoms with E-state index >= 15 is 0 Å². The highest BCUT2D eigenvalue weighted by atomic mass is 35.5. The SMILES string of the molecule is COCCN(CC(C)C)c1cc(Cl)ccc1CNC(C)C. The van der Waals surface area contributed by atoms with Crippen LogP contribution < -0.4 is 10.2 Å². The van der Waals surface area contributed by atoms with E-state index in [-0.39, 0.29) is 0 Å². The molecular formula is C17H29ClN2O. The number of benzene rings is 1. The maximum Gasteiger partial charge on any atom is 0.0637 e. The number of hydrogen-bond acceptors (Lipinski definition) is 3. The first-order valence-electron chi connectivity index (χ1n) is 7.69. The van der Waals surface area contributed by atoms with Gasteiger partial charge in [0.15, 0.2) is 0 Å². The number of ether oxygens (including phenoxy) is 1. The van der Waals surface area contributed by atoms with E-state index in [1.807, 2.05) is 6.07 Å². The Morgan fingerprint density at radius 2 is 1.95 bits per heavy atom. The van der Waals surface area contributed by atoms with Crippen molar-refractivity contribution in [2.24, 2.45) is 5.92 Å². The smallest absolute Gasteiger partial charge is 0.0637 e. The summed E-state index contributed by atoms with van der Waals surface area (Å²) in [6, 6.07) is 6.61. The Kier molecular flexibility index (Phi) is 8.09. The predicted molar refractivity (Wildman–Crippen MR) is 92.4 cm³/mol. The van der Waals surface area contributed by atoms with Crippen molar-refractivity contribution in [3.63, 3.8) is 0 Å². The van der Waals surface area contributed by atoms with Crippen molar-refractivity contribution in [2.45, 2.75) is 40.3 Å². The molecule has 0 radical (unpaired) electrons. The van der Waals surface area contributed by atoms with Crippen molar-refractivity contribution in [1.82, 2.24) is 5.32 Å². The van der Waals surface area contributed by atoms with Gasteiger partial charge in [0, 0.05) is 43.5 Å². The summed E-state index contributed by atoms with van der Waals surface area (Å²) in [4.78, 5) is 2.37. The molecule has 0 amide bonds. The molecule has 120 valence electrons. The van der Waals surface area contributed by atoms with Crippen molar-refractivity contribution in [2.75, 3.05) is 31.7 Å². The van der Waals surface area contributed by atoms with E-state index in [9.17, 15) is 0 Å². The molecule has 0 heterocycles. The lowest BCUT2D eigenvalue weighted by molar-refractivity contribution is 0.204. The van der Waals surface area contributed by atoms with Gasteiger partial charge < -0.3 is 15.0 Å². The molecule has 3 nitrogen and oxygen atoms in total. The van der Waals surface area contributed by atoms with Gasteiger partial charge in [0.1, 0.15) is 0 Å². The molecule has 4 heteroatoms. The minimum Gasteiger partial charge on any atom is -0.383 e. The molecule has 21 heavy (non-hydrogen) atoms. The van der Waals surface area contributed by atoms with E-state index in [0.717, 1.165) is 31.3 Å². The van der Waals surface area contributed by atoms with Gasteiger partial charge in [0.2, 0.25) is 0 Å². The van der Waals surface area contributed by atoms with Gasteiger partial charge in [0.25, 0.3) is 0 Å². The predicted octanol–water partition coefficient (Wildman–Crippen LogP) is 3.95. The maximum atomic E-state index is 6.22. The van der Waals surface area contributed by atoms with E-state index in [0.29, 0.717) is 12.0 Å². The average molecular weight is 313 g/mol. The van der Waals surface area contributed by atoms with Crippen molar-refractivity contribution < 1.29 is 4.74 Å². The van der Waals surface area contributed by atoms with Gasteiger partial charge >= 0.3 is 0 Å². The fourth-order valence-electron chi connectivity index (χ4n) is 2.25. The van der Waals surface area contributed by atoms with Gasteiger partial charge in [-0.15, -0.1) is 0 Å². The molecule has 0 saturated carbocycles. The molecule has 0 aromatic heterocycles. The van der Waals surface area contributed by atoms with Crippen molar-refractivity contribution in [1.29, 1.82) is 0 Å². The Morgan fingerprint density at radius 3 is 2.52 bits per heavy atom. The van der Waals surface area contributed by atoms with E-state index < -0.39 is 0 Å². The number of nitrogens with one attached hydrogen (secondary N) is 1. The molecule has 1 aromatic rings. The van der Waals surface area contributed by atoms with Crippen LogP contribution in [0.4, 0.5) is 5.69 Å². The zero-order chi connectivity index (χ0) is 15.8. The third-order valence-electron chi connectivity index (χ3n) is 3.24. The molecule has 0 aliphatic rings. The standard InChI is InChI=1S/C17H29ClN2O/c1-13(2)12-20(8-9-21-5)17-10-16(18)7-6-15(17)11-19-14(3)4/h6-7,10,13-14,19H,8-9,11-12H2,1-5H3. The van der Waals surface area contributed by atoms with Crippen molar-refractivity contribution in [3.8, 4) is 0 Å². The molecule has 0 aliphatic carbocycles. The van der Waals surface area contributed by atoms with Gasteiger partial charge in [-0.25, -0.2) is 0 Å². The van der Waals surface area contributed by atoms with Gasteiger partial charge in [-0.3, -0.25) is 0 Å². The highest BCUT2D eigenvalue weighted by Gasteiger charge is 2.13. The minimum absolute atomic E-state index is 0.464. The third kappa shape index (κ3) is 6.68. The summed E-state index contributed by atoms with van der Waals surface area (Å²) < 4.78 is 5.25. The summed E-state index contributed by atoms with van der Waals surface area (Å²) in [5, 5.41) is 4.27. The largest absolute Gasteiger partial charge is 0.383 e. The van der Waals surface area contributed by atoms with Crippen LogP contribution in [0.25, 0.3) is 0 Å². The highest BCUT2D eigenvalue weighted by Crippen LogP contribution is 2.26. The molecule has 0 spiro atoms. The van der Waals surface area contributed by atoms with Crippen molar-refractivity contribution >= 4 is 17.3 Å². The Bertz CT molecular complexity index is 421. The molecule has 0 aliphatic heterocycles. The van der Waals surface area contributed by atoms with Crippen LogP contribution >= 0.6 is 11.6 Å². The summed E-state index contributed by atoms with van der Waals surface area (Å²) in [5.41, 5.74) is 2.49. The molecule has 0 fully saturated rings. The molecule has 0 bridgehead atoms. The van der Waals surface area contributed by atoms with Crippen LogP contribution in [0.5, 0.6) is 0 Å². The van der Waals surface area contributed by atoms with E-state index in [1.54, 1.807) is 7.11 Å². The van der Waals surface area contributed by atoms with E-state index in [2.05, 4.69) is 50.0 Å². The number of halogens is 1. The molecule has 0 atom stereocenters. The summed E-state index contributed by atoms with van der Waals surface area (Å²) in [5.74, 6) is 0.590. The van der Waals surface area contributed by atoms with Crippen LogP contribution in [0.15, 0.2) is 18.2 Å². The molecule has 1 N–H and O–H groups in total. The number of methoxy groups -OCH3 is 1. The first-order valence-corrected chi connectivity index (χ1v) is 8.07. The molecule has 0 unspecified atom stereocenters. The average Bonchev–Trinajstić information content (AvgIpc) is 2.41. The number of hydrogen-bond donors (Lipinski definition) is 1. The van der Waals surface area contributed by atoms with Crippen LogP contribution in [-0.4, -0.2) is 32.8 Å². The van der Waals surface area contributed by atoms with Crippen molar-refractivity contribution in [3.05, 3.63) is 28.8 Å². The zero-order valence-corrected chi connectivity index (χ0v) is 14.7. The fraction of sp³-hybridized carbons (Fsp3) is 0.647. The lowest BCUT2D eigenvalue weighted by Gasteiger charge is -2.29. The first kappa shape index (κ1) is 18.3. The van der Waals surface area contributed by atoms with Gasteiger partial charge in [0.05, 0.1) is 6.61 Å². The summed E-state index contributed by atoms with van der Waals surface area (Å²) in [7, 11) is 1.74. The topological polar surface area (TPSA) is 24.5 Å². The third-order valence-corrected chi connectivity index (χ3v) is 3.47. The maximum absolute atomic E-state index is 6.22. The monoisotopic (exact) mass is 312 g/mol. The summed E-state index contributed by atoms with van der Waals surface area (Å²) >= 11 is 6.22. The molecule has 1 aromatic carbocycles. The second-order valence-corrected chi connectivity index (χ2v) is 6.58. The second-order valence-electron chi connectivity index (χ2n) is 6.14.